The van der Waals surface area contributed by atoms with Gasteiger partial charge in [-0.05, 0) is 68.9 Å². The van der Waals surface area contributed by atoms with Gasteiger partial charge >= 0.3 is 0 Å². The van der Waals surface area contributed by atoms with Crippen LogP contribution in [0.15, 0.2) is 40.7 Å². The Morgan fingerprint density at radius 3 is 2.71 bits per heavy atom. The third-order valence-corrected chi connectivity index (χ3v) is 5.34. The first kappa shape index (κ1) is 20.7. The molecular weight excluding hydrogens is 375 g/mol. The number of benzene rings is 1. The summed E-state index contributed by atoms with van der Waals surface area (Å²) in [7, 11) is 0. The Labute approximate surface area is 169 Å². The molecular formula is C22H27FN2O2S. The number of ether oxygens (including phenoxy) is 1. The SMILES string of the molecule is CC(C)=CCC[C@H](C)CC1Cc2[nH]c(=S)[nH]c(=O)c2C(c2ccc(F)cc2)O1. The summed E-state index contributed by atoms with van der Waals surface area (Å²) in [6.45, 7) is 6.45. The first-order chi connectivity index (χ1) is 13.3. The van der Waals surface area contributed by atoms with E-state index in [2.05, 4.69) is 36.8 Å². The van der Waals surface area contributed by atoms with E-state index in [1.54, 1.807) is 12.1 Å². The number of hydrogen-bond acceptors (Lipinski definition) is 3. The maximum atomic E-state index is 13.4. The highest BCUT2D eigenvalue weighted by atomic mass is 32.1. The Bertz CT molecular complexity index is 958. The second kappa shape index (κ2) is 8.97. The van der Waals surface area contributed by atoms with Crippen molar-refractivity contribution in [1.29, 1.82) is 0 Å². The fourth-order valence-corrected chi connectivity index (χ4v) is 3.98. The van der Waals surface area contributed by atoms with E-state index in [4.69, 9.17) is 17.0 Å². The smallest absolute Gasteiger partial charge is 0.258 e. The van der Waals surface area contributed by atoms with Crippen molar-refractivity contribution in [2.75, 3.05) is 0 Å². The summed E-state index contributed by atoms with van der Waals surface area (Å²) in [5, 5.41) is 0. The highest BCUT2D eigenvalue weighted by molar-refractivity contribution is 7.71. The number of hydrogen-bond donors (Lipinski definition) is 2. The molecule has 0 saturated carbocycles. The standard InChI is InChI=1S/C22H27FN2O2S/c1-13(2)5-4-6-14(3)11-17-12-18-19(21(26)25-22(28)24-18)20(27-17)15-7-9-16(23)10-8-15/h5,7-10,14,17,20H,4,6,11-12H2,1-3H3,(H2,24,25,26,28)/t14-,17?,20?/m0/s1. The minimum absolute atomic E-state index is 0.0308. The van der Waals surface area contributed by atoms with Crippen LogP contribution in [0.3, 0.4) is 0 Å². The van der Waals surface area contributed by atoms with Gasteiger partial charge in [-0.3, -0.25) is 9.78 Å². The average Bonchev–Trinajstić information content (AvgIpc) is 2.60. The van der Waals surface area contributed by atoms with Gasteiger partial charge in [0.2, 0.25) is 0 Å². The first-order valence-corrected chi connectivity index (χ1v) is 10.1. The highest BCUT2D eigenvalue weighted by Crippen LogP contribution is 2.34. The number of halogens is 1. The number of rotatable bonds is 6. The summed E-state index contributed by atoms with van der Waals surface area (Å²) < 4.78 is 20.0. The van der Waals surface area contributed by atoms with Crippen molar-refractivity contribution >= 4 is 12.2 Å². The third kappa shape index (κ3) is 5.06. The van der Waals surface area contributed by atoms with Crippen molar-refractivity contribution in [2.45, 2.75) is 58.7 Å². The minimum atomic E-state index is -0.532. The van der Waals surface area contributed by atoms with Gasteiger partial charge in [0.15, 0.2) is 4.77 Å². The van der Waals surface area contributed by atoms with Crippen LogP contribution in [0.2, 0.25) is 0 Å². The number of aromatic nitrogens is 2. The fraction of sp³-hybridized carbons (Fsp3) is 0.455. The fourth-order valence-electron chi connectivity index (χ4n) is 3.76. The number of fused-ring (bicyclic) bond motifs is 1. The van der Waals surface area contributed by atoms with Gasteiger partial charge in [-0.1, -0.05) is 30.7 Å². The van der Waals surface area contributed by atoms with E-state index in [0.717, 1.165) is 30.5 Å². The van der Waals surface area contributed by atoms with Gasteiger partial charge in [-0.15, -0.1) is 0 Å². The van der Waals surface area contributed by atoms with Crippen LogP contribution >= 0.6 is 12.2 Å². The Kier molecular flexibility index (Phi) is 6.62. The molecule has 0 aliphatic carbocycles. The number of nitrogens with one attached hydrogen (secondary N) is 2. The van der Waals surface area contributed by atoms with Crippen LogP contribution < -0.4 is 5.56 Å². The summed E-state index contributed by atoms with van der Waals surface area (Å²) in [6, 6.07) is 6.13. The molecule has 2 unspecified atom stereocenters. The molecule has 28 heavy (non-hydrogen) atoms. The molecule has 2 aromatic rings. The largest absolute Gasteiger partial charge is 0.365 e. The molecule has 0 amide bonds. The van der Waals surface area contributed by atoms with E-state index >= 15 is 0 Å². The molecule has 150 valence electrons. The normalized spacial score (nSPS) is 19.7. The van der Waals surface area contributed by atoms with Crippen molar-refractivity contribution < 1.29 is 9.13 Å². The van der Waals surface area contributed by atoms with Gasteiger partial charge in [0, 0.05) is 12.1 Å². The molecule has 1 aromatic heterocycles. The predicted octanol–water partition coefficient (Wildman–Crippen LogP) is 5.37. The molecule has 2 N–H and O–H groups in total. The topological polar surface area (TPSA) is 57.9 Å². The molecule has 1 aromatic carbocycles. The second-order valence-electron chi connectivity index (χ2n) is 7.89. The molecule has 1 aliphatic heterocycles. The predicted molar refractivity (Wildman–Crippen MR) is 112 cm³/mol. The lowest BCUT2D eigenvalue weighted by atomic mass is 9.90. The molecule has 0 fully saturated rings. The van der Waals surface area contributed by atoms with Gasteiger partial charge in [0.05, 0.1) is 11.7 Å². The third-order valence-electron chi connectivity index (χ3n) is 5.13. The zero-order chi connectivity index (χ0) is 20.3. The molecule has 6 heteroatoms. The van der Waals surface area contributed by atoms with Crippen molar-refractivity contribution in [3.05, 3.63) is 73.7 Å². The molecule has 0 bridgehead atoms. The van der Waals surface area contributed by atoms with E-state index in [0.29, 0.717) is 22.7 Å². The van der Waals surface area contributed by atoms with Gasteiger partial charge in [-0.2, -0.15) is 0 Å². The number of allylic oxidation sites excluding steroid dienone is 2. The van der Waals surface area contributed by atoms with Gasteiger partial charge in [0.25, 0.3) is 5.56 Å². The quantitative estimate of drug-likeness (QED) is 0.504. The second-order valence-corrected chi connectivity index (χ2v) is 8.30. The summed E-state index contributed by atoms with van der Waals surface area (Å²) in [5.41, 5.74) is 3.20. The van der Waals surface area contributed by atoms with E-state index in [1.807, 2.05) is 0 Å². The van der Waals surface area contributed by atoms with Gasteiger partial charge in [-0.25, -0.2) is 4.39 Å². The molecule has 3 rings (SSSR count). The molecule has 3 atom stereocenters. The molecule has 0 radical (unpaired) electrons. The van der Waals surface area contributed by atoms with Gasteiger partial charge < -0.3 is 9.72 Å². The Morgan fingerprint density at radius 1 is 1.32 bits per heavy atom. The van der Waals surface area contributed by atoms with Crippen molar-refractivity contribution in [1.82, 2.24) is 9.97 Å². The Morgan fingerprint density at radius 2 is 2.04 bits per heavy atom. The van der Waals surface area contributed by atoms with Crippen LogP contribution in [0.1, 0.15) is 63.0 Å². The van der Waals surface area contributed by atoms with Crippen molar-refractivity contribution in [3.63, 3.8) is 0 Å². The molecule has 0 spiro atoms. The van der Waals surface area contributed by atoms with E-state index in [1.165, 1.54) is 17.7 Å². The van der Waals surface area contributed by atoms with E-state index in [9.17, 15) is 9.18 Å². The maximum absolute atomic E-state index is 13.4. The van der Waals surface area contributed by atoms with Crippen LogP contribution in [-0.4, -0.2) is 16.1 Å². The van der Waals surface area contributed by atoms with Crippen molar-refractivity contribution in [3.8, 4) is 0 Å². The lowest BCUT2D eigenvalue weighted by molar-refractivity contribution is -0.0183. The maximum Gasteiger partial charge on any atom is 0.258 e. The molecule has 4 nitrogen and oxygen atoms in total. The lowest BCUT2D eigenvalue weighted by Gasteiger charge is -2.33. The highest BCUT2D eigenvalue weighted by Gasteiger charge is 2.32. The average molecular weight is 403 g/mol. The van der Waals surface area contributed by atoms with E-state index in [-0.39, 0.29) is 17.5 Å². The molecule has 0 saturated heterocycles. The number of H-pyrrole nitrogens is 2. The zero-order valence-corrected chi connectivity index (χ0v) is 17.4. The number of aromatic amines is 2. The van der Waals surface area contributed by atoms with E-state index < -0.39 is 6.10 Å². The summed E-state index contributed by atoms with van der Waals surface area (Å²) in [4.78, 5) is 18.4. The lowest BCUT2D eigenvalue weighted by Crippen LogP contribution is -2.34. The van der Waals surface area contributed by atoms with Crippen LogP contribution in [0.5, 0.6) is 0 Å². The van der Waals surface area contributed by atoms with Crippen LogP contribution in [0, 0.1) is 16.5 Å². The zero-order valence-electron chi connectivity index (χ0n) is 16.5. The van der Waals surface area contributed by atoms with Crippen LogP contribution in [0.4, 0.5) is 4.39 Å². The summed E-state index contributed by atoms with van der Waals surface area (Å²) >= 11 is 5.16. The molecule has 2 heterocycles. The monoisotopic (exact) mass is 402 g/mol. The van der Waals surface area contributed by atoms with Crippen molar-refractivity contribution in [2.24, 2.45) is 5.92 Å². The Balaban J connectivity index is 1.86. The minimum Gasteiger partial charge on any atom is -0.365 e. The Hall–Kier alpha value is -2.05. The first-order valence-electron chi connectivity index (χ1n) is 9.73. The molecule has 1 aliphatic rings. The summed E-state index contributed by atoms with van der Waals surface area (Å²) in [6.07, 6.45) is 5.34. The van der Waals surface area contributed by atoms with Crippen LogP contribution in [0.25, 0.3) is 0 Å². The van der Waals surface area contributed by atoms with Crippen LogP contribution in [-0.2, 0) is 11.2 Å². The summed E-state index contributed by atoms with van der Waals surface area (Å²) in [5.74, 6) is 0.173. The van der Waals surface area contributed by atoms with Gasteiger partial charge in [0.1, 0.15) is 11.9 Å².